The van der Waals surface area contributed by atoms with Gasteiger partial charge in [-0.15, -0.1) is 0 Å². The summed E-state index contributed by atoms with van der Waals surface area (Å²) in [6, 6.07) is 3.56. The molecule has 1 amide bonds. The number of aryl methyl sites for hydroxylation is 1. The second-order valence-electron chi connectivity index (χ2n) is 13.1. The number of hydrogen-bond donors (Lipinski definition) is 2. The van der Waals surface area contributed by atoms with E-state index in [9.17, 15) is 93.8 Å². The molecule has 64 heavy (non-hydrogen) atoms. The van der Waals surface area contributed by atoms with E-state index in [1.54, 1.807) is 0 Å². The van der Waals surface area contributed by atoms with Crippen molar-refractivity contribution in [3.8, 4) is 0 Å². The largest absolute Gasteiger partial charge is 0.463 e. The maximum atomic E-state index is 14.4. The fourth-order valence-corrected chi connectivity index (χ4v) is 5.30. The van der Waals surface area contributed by atoms with Gasteiger partial charge in [0.05, 0.1) is 0 Å². The minimum atomic E-state index is -8.74. The Morgan fingerprint density at radius 1 is 0.625 bits per heavy atom. The van der Waals surface area contributed by atoms with Gasteiger partial charge in [0.1, 0.15) is 12.7 Å². The van der Waals surface area contributed by atoms with Crippen molar-refractivity contribution in [3.63, 3.8) is 0 Å². The van der Waals surface area contributed by atoms with Crippen molar-refractivity contribution in [2.75, 3.05) is 11.9 Å². The molecule has 1 aliphatic heterocycles. The smallest absolute Gasteiger partial charge is 0.460 e. The summed E-state index contributed by atoms with van der Waals surface area (Å²) in [7, 11) is 0. The van der Waals surface area contributed by atoms with Crippen LogP contribution in [0.3, 0.4) is 0 Å². The van der Waals surface area contributed by atoms with Crippen molar-refractivity contribution >= 4 is 70.4 Å². The van der Waals surface area contributed by atoms with Gasteiger partial charge in [0.25, 0.3) is 3.79 Å². The van der Waals surface area contributed by atoms with Crippen LogP contribution in [0, 0.1) is 5.41 Å². The molecule has 0 bridgehead atoms. The van der Waals surface area contributed by atoms with Crippen LogP contribution in [0.1, 0.15) is 39.2 Å². The van der Waals surface area contributed by atoms with E-state index >= 15 is 0 Å². The maximum Gasteiger partial charge on any atom is 0.460 e. The molecular formula is C32H28Cl3F17N2O10. The second-order valence-corrected chi connectivity index (χ2v) is 15.4. The molecule has 0 aromatic heterocycles. The Morgan fingerprint density at radius 2 is 1.08 bits per heavy atom. The Morgan fingerprint density at radius 3 is 1.52 bits per heavy atom. The number of amides is 1. The van der Waals surface area contributed by atoms with E-state index in [4.69, 9.17) is 68.6 Å². The molecule has 5 atom stereocenters. The van der Waals surface area contributed by atoms with Crippen LogP contribution < -0.4 is 5.32 Å². The molecule has 1 aromatic rings. The van der Waals surface area contributed by atoms with Crippen molar-refractivity contribution < 1.29 is 122 Å². The predicted molar refractivity (Wildman–Crippen MR) is 179 cm³/mol. The third-order valence-electron chi connectivity index (χ3n) is 8.32. The molecule has 2 rings (SSSR count). The fraction of sp³-hybridized carbons (Fsp3) is 0.656. The van der Waals surface area contributed by atoms with E-state index in [0.29, 0.717) is 0 Å². The summed E-state index contributed by atoms with van der Waals surface area (Å²) < 4.78 is 259. The van der Waals surface area contributed by atoms with Crippen molar-refractivity contribution in [3.05, 3.63) is 29.8 Å². The van der Waals surface area contributed by atoms with Gasteiger partial charge in [-0.05, 0) is 30.5 Å². The average Bonchev–Trinajstić information content (AvgIpc) is 3.12. The van der Waals surface area contributed by atoms with Crippen molar-refractivity contribution in [2.45, 2.75) is 122 Å². The van der Waals surface area contributed by atoms with E-state index in [2.05, 4.69) is 5.32 Å². The highest BCUT2D eigenvalue weighted by atomic mass is 35.6. The quantitative estimate of drug-likeness (QED) is 0.0385. The van der Waals surface area contributed by atoms with Crippen molar-refractivity contribution in [1.29, 1.82) is 5.41 Å². The van der Waals surface area contributed by atoms with Gasteiger partial charge in [0, 0.05) is 32.9 Å². The Hall–Kier alpha value is -3.99. The minimum Gasteiger partial charge on any atom is -0.463 e. The normalized spacial score (nSPS) is 20.8. The van der Waals surface area contributed by atoms with Gasteiger partial charge in [-0.3, -0.25) is 25.1 Å². The zero-order valence-electron chi connectivity index (χ0n) is 31.7. The monoisotopic (exact) mass is 1030 g/mol. The highest BCUT2D eigenvalue weighted by molar-refractivity contribution is 6.76. The van der Waals surface area contributed by atoms with E-state index in [-0.39, 0.29) is 11.3 Å². The maximum absolute atomic E-state index is 14.4. The zero-order valence-corrected chi connectivity index (χ0v) is 33.9. The number of nitrogens with one attached hydrogen (secondary N) is 2. The predicted octanol–water partition coefficient (Wildman–Crippen LogP) is 9.45. The Balaban J connectivity index is 2.32. The summed E-state index contributed by atoms with van der Waals surface area (Å²) in [4.78, 5) is 48.7. The number of benzene rings is 1. The molecule has 1 unspecified atom stereocenters. The summed E-state index contributed by atoms with van der Waals surface area (Å²) in [5.41, 5.74) is -0.557. The number of halogens is 20. The Labute approximate surface area is 361 Å². The van der Waals surface area contributed by atoms with Crippen LogP contribution in [-0.4, -0.2) is 119 Å². The molecule has 1 heterocycles. The molecule has 12 nitrogen and oxygen atoms in total. The van der Waals surface area contributed by atoms with Crippen LogP contribution in [0.25, 0.3) is 0 Å². The molecule has 0 aliphatic carbocycles. The van der Waals surface area contributed by atoms with Crippen LogP contribution in [0.4, 0.5) is 85.1 Å². The standard InChI is InChI=1S/C32H28Cl3F17N2O10/c1-12(55)59-11-17-18(60-13(2)56)19(20(61-14(3)57)21(62-17)64-22(53)25(33,34)35)63-23(58)54-16-8-6-15(7-9-16)5-4-10-24(36,37)26(38,39)27(40,41)28(42,43)29(44,45)30(46,47)31(48,49)32(50,51)52/h6-9,17-21,53H,4-5,10-11H2,1-3H3,(H,54,58)/t17-,18-,19+,20-,21?/m1/s1. The van der Waals surface area contributed by atoms with Crippen LogP contribution in [-0.2, 0) is 49.2 Å². The first-order valence-electron chi connectivity index (χ1n) is 16.8. The molecule has 0 saturated carbocycles. The lowest BCUT2D eigenvalue weighted by Crippen LogP contribution is -2.74. The highest BCUT2D eigenvalue weighted by Gasteiger charge is 2.95. The summed E-state index contributed by atoms with van der Waals surface area (Å²) in [6.07, 6.45) is -24.0. The summed E-state index contributed by atoms with van der Waals surface area (Å²) in [5.74, 6) is -61.5. The molecule has 1 saturated heterocycles. The topological polar surface area (TPSA) is 160 Å². The molecule has 1 fully saturated rings. The van der Waals surface area contributed by atoms with Gasteiger partial charge >= 0.3 is 71.6 Å². The summed E-state index contributed by atoms with van der Waals surface area (Å²) >= 11 is 16.9. The fourth-order valence-electron chi connectivity index (χ4n) is 5.17. The van der Waals surface area contributed by atoms with E-state index in [0.717, 1.165) is 45.0 Å². The first-order valence-corrected chi connectivity index (χ1v) is 18.0. The number of alkyl halides is 20. The van der Waals surface area contributed by atoms with Crippen LogP contribution in [0.2, 0.25) is 0 Å². The molecule has 32 heteroatoms. The number of carbonyl (C=O) groups is 4. The lowest BCUT2D eigenvalue weighted by molar-refractivity contribution is -0.461. The van der Waals surface area contributed by atoms with Crippen LogP contribution in [0.15, 0.2) is 24.3 Å². The molecular weight excluding hydrogens is 1000 g/mol. The molecule has 0 spiro atoms. The number of ether oxygens (including phenoxy) is 6. The Bertz CT molecular complexity index is 1870. The zero-order chi connectivity index (χ0) is 50.0. The lowest BCUT2D eigenvalue weighted by atomic mass is 9.87. The van der Waals surface area contributed by atoms with Gasteiger partial charge in [0.15, 0.2) is 12.2 Å². The van der Waals surface area contributed by atoms with Gasteiger partial charge in [-0.1, -0.05) is 46.9 Å². The van der Waals surface area contributed by atoms with Gasteiger partial charge in [-0.25, -0.2) is 4.79 Å². The van der Waals surface area contributed by atoms with Crippen LogP contribution >= 0.6 is 34.8 Å². The summed E-state index contributed by atoms with van der Waals surface area (Å²) in [5, 5.41) is 9.95. The van der Waals surface area contributed by atoms with E-state index < -0.39 is 138 Å². The number of anilines is 1. The molecule has 0 radical (unpaired) electrons. The minimum absolute atomic E-state index is 0.241. The first-order chi connectivity index (χ1) is 28.6. The number of carbonyl (C=O) groups excluding carboxylic acids is 4. The number of hydrogen-bond acceptors (Lipinski definition) is 11. The third kappa shape index (κ3) is 11.7. The van der Waals surface area contributed by atoms with E-state index in [1.165, 1.54) is 0 Å². The lowest BCUT2D eigenvalue weighted by Gasteiger charge is -2.44. The molecule has 1 aromatic carbocycles. The van der Waals surface area contributed by atoms with Crippen LogP contribution in [0.5, 0.6) is 0 Å². The SMILES string of the molecule is CC(=O)OC[C@H]1OC(OC(=N)C(Cl)(Cl)Cl)[C@H](OC(C)=O)[C@@H](OC(=O)Nc2ccc(CCCC(F)(F)C(F)(F)C(F)(F)C(F)(F)C(F)(F)C(F)(F)C(F)(F)C(F)(F)F)cc2)[C@@H]1OC(C)=O. The van der Waals surface area contributed by atoms with Gasteiger partial charge in [0.2, 0.25) is 18.3 Å². The molecule has 2 N–H and O–H groups in total. The number of rotatable bonds is 17. The Kier molecular flexibility index (Phi) is 17.1. The third-order valence-corrected chi connectivity index (χ3v) is 8.84. The molecule has 366 valence electrons. The summed E-state index contributed by atoms with van der Waals surface area (Å²) in [6.45, 7) is 1.83. The van der Waals surface area contributed by atoms with Crippen molar-refractivity contribution in [2.24, 2.45) is 0 Å². The van der Waals surface area contributed by atoms with E-state index in [1.807, 2.05) is 0 Å². The van der Waals surface area contributed by atoms with Gasteiger partial charge < -0.3 is 28.4 Å². The average molecular weight is 1030 g/mol. The van der Waals surface area contributed by atoms with Crippen molar-refractivity contribution in [1.82, 2.24) is 0 Å². The molecule has 1 aliphatic rings. The highest BCUT2D eigenvalue weighted by Crippen LogP contribution is 2.64. The second kappa shape index (κ2) is 19.5. The first kappa shape index (κ1) is 56.1. The number of esters is 3. The van der Waals surface area contributed by atoms with Gasteiger partial charge in [-0.2, -0.15) is 74.6 Å².